The first-order valence-electron chi connectivity index (χ1n) is 17.0. The maximum Gasteiger partial charge on any atom is 0.135 e. The maximum atomic E-state index is 6.24. The van der Waals surface area contributed by atoms with Crippen LogP contribution in [0.3, 0.4) is 0 Å². The average molecular weight is 628 g/mol. The third-order valence-corrected chi connectivity index (χ3v) is 10.6. The van der Waals surface area contributed by atoms with Crippen molar-refractivity contribution < 1.29 is 4.42 Å². The Morgan fingerprint density at radius 3 is 1.92 bits per heavy atom. The Balaban J connectivity index is 1.22. The summed E-state index contributed by atoms with van der Waals surface area (Å²) in [5.41, 5.74) is 12.9. The van der Waals surface area contributed by atoms with Crippen LogP contribution < -0.4 is 4.90 Å². The van der Waals surface area contributed by atoms with Gasteiger partial charge in [0.2, 0.25) is 0 Å². The van der Waals surface area contributed by atoms with Crippen LogP contribution >= 0.6 is 0 Å². The van der Waals surface area contributed by atoms with Crippen LogP contribution in [0, 0.1) is 0 Å². The molecule has 1 aliphatic carbocycles. The highest BCUT2D eigenvalue weighted by atomic mass is 16.3. The molecule has 2 heteroatoms. The van der Waals surface area contributed by atoms with E-state index in [1.165, 1.54) is 54.9 Å². The van der Waals surface area contributed by atoms with Crippen LogP contribution in [-0.2, 0) is 5.41 Å². The molecule has 1 aliphatic rings. The highest BCUT2D eigenvalue weighted by molar-refractivity contribution is 6.17. The third kappa shape index (κ3) is 4.20. The fraction of sp³-hybridized carbons (Fsp3) is 0.0638. The van der Waals surface area contributed by atoms with Crippen molar-refractivity contribution in [2.75, 3.05) is 4.90 Å². The van der Waals surface area contributed by atoms with Gasteiger partial charge < -0.3 is 9.32 Å². The molecule has 9 aromatic rings. The molecule has 1 aromatic heterocycles. The third-order valence-electron chi connectivity index (χ3n) is 10.6. The molecule has 0 fully saturated rings. The average Bonchev–Trinajstić information content (AvgIpc) is 3.64. The molecule has 0 N–H and O–H groups in total. The molecule has 0 amide bonds. The van der Waals surface area contributed by atoms with Crippen molar-refractivity contribution in [1.82, 2.24) is 0 Å². The van der Waals surface area contributed by atoms with Gasteiger partial charge in [0, 0.05) is 33.2 Å². The van der Waals surface area contributed by atoms with Crippen LogP contribution in [-0.4, -0.2) is 0 Å². The summed E-state index contributed by atoms with van der Waals surface area (Å²) >= 11 is 0. The van der Waals surface area contributed by atoms with Crippen LogP contribution in [0.4, 0.5) is 17.1 Å². The van der Waals surface area contributed by atoms with Crippen molar-refractivity contribution in [2.24, 2.45) is 0 Å². The minimum atomic E-state index is -0.0603. The van der Waals surface area contributed by atoms with E-state index in [1.54, 1.807) is 0 Å². The molecule has 0 spiro atoms. The van der Waals surface area contributed by atoms with Gasteiger partial charge in [-0.2, -0.15) is 0 Å². The Morgan fingerprint density at radius 1 is 0.449 bits per heavy atom. The van der Waals surface area contributed by atoms with Gasteiger partial charge in [-0.3, -0.25) is 0 Å². The Bertz CT molecular complexity index is 2730. The van der Waals surface area contributed by atoms with E-state index in [-0.39, 0.29) is 5.41 Å². The molecule has 232 valence electrons. The van der Waals surface area contributed by atoms with Crippen molar-refractivity contribution in [3.8, 4) is 22.3 Å². The van der Waals surface area contributed by atoms with Crippen LogP contribution in [0.25, 0.3) is 65.7 Å². The molecule has 0 saturated carbocycles. The zero-order chi connectivity index (χ0) is 32.7. The van der Waals surface area contributed by atoms with Gasteiger partial charge in [-0.15, -0.1) is 0 Å². The number of anilines is 3. The van der Waals surface area contributed by atoms with Crippen LogP contribution in [0.2, 0.25) is 0 Å². The van der Waals surface area contributed by atoms with E-state index >= 15 is 0 Å². The summed E-state index contributed by atoms with van der Waals surface area (Å²) in [6.45, 7) is 4.72. The summed E-state index contributed by atoms with van der Waals surface area (Å²) < 4.78 is 6.24. The number of benzene rings is 8. The minimum Gasteiger partial charge on any atom is -0.456 e. The molecule has 1 heterocycles. The van der Waals surface area contributed by atoms with Crippen molar-refractivity contribution in [3.05, 3.63) is 175 Å². The van der Waals surface area contributed by atoms with Gasteiger partial charge in [0.25, 0.3) is 0 Å². The molecule has 0 bridgehead atoms. The quantitative estimate of drug-likeness (QED) is 0.181. The van der Waals surface area contributed by atoms with E-state index in [9.17, 15) is 0 Å². The summed E-state index contributed by atoms with van der Waals surface area (Å²) in [5.74, 6) is 0. The number of fused-ring (bicyclic) bond motifs is 10. The second-order valence-electron chi connectivity index (χ2n) is 13.8. The molecule has 0 saturated heterocycles. The zero-order valence-electron chi connectivity index (χ0n) is 27.4. The summed E-state index contributed by atoms with van der Waals surface area (Å²) in [5, 5.41) is 7.33. The first kappa shape index (κ1) is 27.9. The lowest BCUT2D eigenvalue weighted by Crippen LogP contribution is -2.14. The van der Waals surface area contributed by atoms with Crippen molar-refractivity contribution >= 4 is 60.5 Å². The Morgan fingerprint density at radius 2 is 1.06 bits per heavy atom. The fourth-order valence-electron chi connectivity index (χ4n) is 8.20. The second kappa shape index (κ2) is 10.4. The van der Waals surface area contributed by atoms with Gasteiger partial charge in [-0.25, -0.2) is 0 Å². The molecular formula is C47H33NO. The lowest BCUT2D eigenvalue weighted by molar-refractivity contribution is 0.661. The van der Waals surface area contributed by atoms with Gasteiger partial charge in [0.1, 0.15) is 11.2 Å². The fourth-order valence-corrected chi connectivity index (χ4v) is 8.20. The molecule has 2 nitrogen and oxygen atoms in total. The number of para-hydroxylation sites is 1. The predicted molar refractivity (Wildman–Crippen MR) is 206 cm³/mol. The number of hydrogen-bond donors (Lipinski definition) is 0. The normalized spacial score (nSPS) is 13.3. The predicted octanol–water partition coefficient (Wildman–Crippen LogP) is 13.3. The van der Waals surface area contributed by atoms with E-state index in [4.69, 9.17) is 4.42 Å². The molecule has 0 aliphatic heterocycles. The summed E-state index contributed by atoms with van der Waals surface area (Å²) in [6, 6.07) is 59.5. The lowest BCUT2D eigenvalue weighted by atomic mass is 9.82. The van der Waals surface area contributed by atoms with Crippen LogP contribution in [0.1, 0.15) is 25.0 Å². The lowest BCUT2D eigenvalue weighted by Gasteiger charge is -2.26. The standard InChI is InChI=1S/C47H33NO/c1-47(2)41-14-8-6-13-38(41)46-42(47)26-21-33-17-16-32-20-24-35(28-39(32)45(33)46)48(34-22-18-31(19-23-34)30-10-4-3-5-11-30)36-25-27-44-40(29-36)37-12-7-9-15-43(37)49-44/h3-29H,1-2H3. The Kier molecular flexibility index (Phi) is 5.95. The van der Waals surface area contributed by atoms with Gasteiger partial charge in [-0.05, 0) is 103 Å². The minimum absolute atomic E-state index is 0.0603. The van der Waals surface area contributed by atoms with Crippen molar-refractivity contribution in [3.63, 3.8) is 0 Å². The molecule has 49 heavy (non-hydrogen) atoms. The van der Waals surface area contributed by atoms with E-state index in [0.29, 0.717) is 0 Å². The van der Waals surface area contributed by atoms with E-state index < -0.39 is 0 Å². The van der Waals surface area contributed by atoms with Crippen LogP contribution in [0.15, 0.2) is 168 Å². The molecular weight excluding hydrogens is 595 g/mol. The number of rotatable bonds is 4. The van der Waals surface area contributed by atoms with E-state index in [1.807, 2.05) is 12.1 Å². The zero-order valence-corrected chi connectivity index (χ0v) is 27.4. The molecule has 10 rings (SSSR count). The number of nitrogens with zero attached hydrogens (tertiary/aromatic N) is 1. The first-order chi connectivity index (χ1) is 24.0. The van der Waals surface area contributed by atoms with Crippen molar-refractivity contribution in [1.29, 1.82) is 0 Å². The van der Waals surface area contributed by atoms with Crippen molar-refractivity contribution in [2.45, 2.75) is 19.3 Å². The smallest absolute Gasteiger partial charge is 0.135 e. The van der Waals surface area contributed by atoms with E-state index in [2.05, 4.69) is 170 Å². The monoisotopic (exact) mass is 627 g/mol. The summed E-state index contributed by atoms with van der Waals surface area (Å²) in [6.07, 6.45) is 0. The first-order valence-corrected chi connectivity index (χ1v) is 17.0. The van der Waals surface area contributed by atoms with E-state index in [0.717, 1.165) is 39.0 Å². The highest BCUT2D eigenvalue weighted by Crippen LogP contribution is 2.52. The maximum absolute atomic E-state index is 6.24. The van der Waals surface area contributed by atoms with Gasteiger partial charge in [0.05, 0.1) is 0 Å². The Labute approximate surface area is 285 Å². The second-order valence-corrected chi connectivity index (χ2v) is 13.8. The number of furan rings is 1. The summed E-state index contributed by atoms with van der Waals surface area (Å²) in [4.78, 5) is 2.38. The topological polar surface area (TPSA) is 16.4 Å². The number of hydrogen-bond acceptors (Lipinski definition) is 2. The van der Waals surface area contributed by atoms with Gasteiger partial charge in [-0.1, -0.05) is 129 Å². The molecule has 0 radical (unpaired) electrons. The molecule has 8 aromatic carbocycles. The molecule has 0 atom stereocenters. The summed E-state index contributed by atoms with van der Waals surface area (Å²) in [7, 11) is 0. The molecule has 0 unspecified atom stereocenters. The SMILES string of the molecule is CC1(C)c2ccccc2-c2c1ccc1ccc3ccc(N(c4ccc(-c5ccccc5)cc4)c4ccc5oc6ccccc6c5c4)cc3c21. The highest BCUT2D eigenvalue weighted by Gasteiger charge is 2.36. The van der Waals surface area contributed by atoms with Gasteiger partial charge >= 0.3 is 0 Å². The Hall–Kier alpha value is -6.12. The largest absolute Gasteiger partial charge is 0.456 e. The van der Waals surface area contributed by atoms with Gasteiger partial charge in [0.15, 0.2) is 0 Å². The van der Waals surface area contributed by atoms with Crippen LogP contribution in [0.5, 0.6) is 0 Å².